The van der Waals surface area contributed by atoms with Crippen molar-refractivity contribution in [3.8, 4) is 0 Å². The average Bonchev–Trinajstić information content (AvgIpc) is 2.17. The van der Waals surface area contributed by atoms with Crippen molar-refractivity contribution in [3.05, 3.63) is 30.3 Å². The molecule has 0 nitrogen and oxygen atoms in total. The third-order valence-corrected chi connectivity index (χ3v) is 8.67. The first-order valence-electron chi connectivity index (χ1n) is 5.75. The molecule has 0 aromatic heterocycles. The van der Waals surface area contributed by atoms with Crippen molar-refractivity contribution in [3.63, 3.8) is 0 Å². The molecule has 1 aromatic carbocycles. The summed E-state index contributed by atoms with van der Waals surface area (Å²) in [4.78, 5) is 0. The Morgan fingerprint density at radius 3 is 2.20 bits per heavy atom. The van der Waals surface area contributed by atoms with Crippen molar-refractivity contribution >= 4 is 26.5 Å². The van der Waals surface area contributed by atoms with Gasteiger partial charge in [0, 0.05) is 0 Å². The maximum atomic E-state index is 2.51. The second kappa shape index (κ2) is 6.06. The molecule has 1 rings (SSSR count). The summed E-state index contributed by atoms with van der Waals surface area (Å²) in [7, 11) is 0.101. The summed E-state index contributed by atoms with van der Waals surface area (Å²) >= 11 is -1.27. The predicted octanol–water partition coefficient (Wildman–Crippen LogP) is 4.15. The van der Waals surface area contributed by atoms with Crippen LogP contribution in [0.4, 0.5) is 0 Å². The van der Waals surface area contributed by atoms with Gasteiger partial charge in [-0.05, 0) is 0 Å². The molecule has 0 aliphatic carbocycles. The monoisotopic (exact) mass is 284 g/mol. The van der Waals surface area contributed by atoms with Gasteiger partial charge in [0.05, 0.1) is 0 Å². The molecule has 1 aromatic rings. The van der Waals surface area contributed by atoms with Gasteiger partial charge in [-0.3, -0.25) is 0 Å². The van der Waals surface area contributed by atoms with E-state index in [0.717, 1.165) is 0 Å². The Labute approximate surface area is 98.6 Å². The van der Waals surface area contributed by atoms with E-state index in [1.807, 2.05) is 0 Å². The number of hydrogen-bond acceptors (Lipinski definition) is 0. The predicted molar refractivity (Wildman–Crippen MR) is 76.6 cm³/mol. The van der Waals surface area contributed by atoms with E-state index < -0.39 is 13.3 Å². The van der Waals surface area contributed by atoms with Gasteiger partial charge in [0.2, 0.25) is 0 Å². The molecule has 0 radical (unpaired) electrons. The van der Waals surface area contributed by atoms with Gasteiger partial charge in [-0.2, -0.15) is 0 Å². The van der Waals surface area contributed by atoms with E-state index in [9.17, 15) is 0 Å². The fourth-order valence-corrected chi connectivity index (χ4v) is 6.45. The van der Waals surface area contributed by atoms with E-state index in [1.54, 1.807) is 5.30 Å². The van der Waals surface area contributed by atoms with Crippen LogP contribution in [-0.2, 0) is 0 Å². The molecular formula is C13H23GeP. The van der Waals surface area contributed by atoms with Crippen LogP contribution in [0.15, 0.2) is 30.3 Å². The molecule has 1 unspecified atom stereocenters. The SMILES string of the molecule is CP(CC[CH2][Ge]([CH3])([CH3])[CH3])c1ccccc1. The molecule has 0 N–H and O–H groups in total. The number of rotatable bonds is 5. The van der Waals surface area contributed by atoms with Crippen molar-refractivity contribution in [2.45, 2.75) is 28.9 Å². The zero-order chi connectivity index (χ0) is 11.3. The summed E-state index contributed by atoms with van der Waals surface area (Å²) in [5.41, 5.74) is 0. The van der Waals surface area contributed by atoms with Gasteiger partial charge in [0.25, 0.3) is 0 Å². The minimum atomic E-state index is -1.27. The van der Waals surface area contributed by atoms with Crippen LogP contribution in [0.5, 0.6) is 0 Å². The first kappa shape index (κ1) is 13.3. The van der Waals surface area contributed by atoms with E-state index in [-0.39, 0.29) is 7.92 Å². The van der Waals surface area contributed by atoms with Gasteiger partial charge in [0.15, 0.2) is 0 Å². The van der Waals surface area contributed by atoms with Crippen molar-refractivity contribution in [2.24, 2.45) is 0 Å². The Morgan fingerprint density at radius 1 is 1.07 bits per heavy atom. The van der Waals surface area contributed by atoms with Crippen LogP contribution in [0.3, 0.4) is 0 Å². The van der Waals surface area contributed by atoms with E-state index in [2.05, 4.69) is 54.3 Å². The molecule has 0 spiro atoms. The number of hydrogen-bond donors (Lipinski definition) is 0. The van der Waals surface area contributed by atoms with Crippen LogP contribution >= 0.6 is 7.92 Å². The molecule has 0 aliphatic heterocycles. The van der Waals surface area contributed by atoms with Crippen LogP contribution in [0.1, 0.15) is 6.42 Å². The molecular weight excluding hydrogens is 260 g/mol. The van der Waals surface area contributed by atoms with Gasteiger partial charge >= 0.3 is 98.6 Å². The van der Waals surface area contributed by atoms with Crippen LogP contribution < -0.4 is 5.30 Å². The zero-order valence-electron chi connectivity index (χ0n) is 10.5. The van der Waals surface area contributed by atoms with Crippen molar-refractivity contribution in [2.75, 3.05) is 12.8 Å². The topological polar surface area (TPSA) is 0 Å². The molecule has 2 heteroatoms. The summed E-state index contributed by atoms with van der Waals surface area (Å²) in [5.74, 6) is 7.54. The molecule has 0 fully saturated rings. The molecule has 0 saturated carbocycles. The summed E-state index contributed by atoms with van der Waals surface area (Å²) in [5, 5.41) is 3.09. The summed E-state index contributed by atoms with van der Waals surface area (Å²) in [6, 6.07) is 11.0. The molecule has 0 aliphatic rings. The minimum absolute atomic E-state index is 0.101. The standard InChI is InChI=1S/C13H23GeP/c1-14(2,3)11-8-12-15(4)13-9-6-5-7-10-13/h5-7,9-10H,8,11-12H2,1-4H3. The molecule has 1 atom stereocenters. The van der Waals surface area contributed by atoms with Gasteiger partial charge in [0.1, 0.15) is 0 Å². The van der Waals surface area contributed by atoms with Crippen LogP contribution in [0.2, 0.25) is 22.5 Å². The Kier molecular flexibility index (Phi) is 5.36. The number of benzene rings is 1. The van der Waals surface area contributed by atoms with Crippen molar-refractivity contribution in [1.82, 2.24) is 0 Å². The van der Waals surface area contributed by atoms with Crippen molar-refractivity contribution < 1.29 is 0 Å². The first-order chi connectivity index (χ1) is 6.99. The van der Waals surface area contributed by atoms with E-state index in [0.29, 0.717) is 0 Å². The summed E-state index contributed by atoms with van der Waals surface area (Å²) in [6.45, 7) is 2.42. The van der Waals surface area contributed by atoms with Gasteiger partial charge in [-0.25, -0.2) is 0 Å². The molecule has 15 heavy (non-hydrogen) atoms. The Bertz CT molecular complexity index is 276. The van der Waals surface area contributed by atoms with E-state index in [4.69, 9.17) is 0 Å². The Morgan fingerprint density at radius 2 is 1.67 bits per heavy atom. The Hall–Kier alpha value is 0.193. The normalized spacial score (nSPS) is 13.9. The quantitative estimate of drug-likeness (QED) is 0.562. The third-order valence-electron chi connectivity index (χ3n) is 2.62. The van der Waals surface area contributed by atoms with Crippen LogP contribution in [-0.4, -0.2) is 26.1 Å². The van der Waals surface area contributed by atoms with Gasteiger partial charge < -0.3 is 0 Å². The average molecular weight is 283 g/mol. The molecule has 84 valence electrons. The molecule has 0 saturated heterocycles. The van der Waals surface area contributed by atoms with Gasteiger partial charge in [-0.1, -0.05) is 0 Å². The summed E-state index contributed by atoms with van der Waals surface area (Å²) < 4.78 is 0. The maximum absolute atomic E-state index is 2.51. The van der Waals surface area contributed by atoms with E-state index in [1.165, 1.54) is 17.8 Å². The van der Waals surface area contributed by atoms with Crippen LogP contribution in [0.25, 0.3) is 0 Å². The second-order valence-electron chi connectivity index (χ2n) is 5.42. The van der Waals surface area contributed by atoms with Crippen molar-refractivity contribution in [1.29, 1.82) is 0 Å². The summed E-state index contributed by atoms with van der Waals surface area (Å²) in [6.07, 6.45) is 2.86. The zero-order valence-corrected chi connectivity index (χ0v) is 13.4. The van der Waals surface area contributed by atoms with Gasteiger partial charge in [-0.15, -0.1) is 0 Å². The second-order valence-corrected chi connectivity index (χ2v) is 19.6. The third kappa shape index (κ3) is 5.73. The molecule has 0 bridgehead atoms. The molecule has 0 amide bonds. The fraction of sp³-hybridized carbons (Fsp3) is 0.538. The fourth-order valence-electron chi connectivity index (χ4n) is 1.66. The van der Waals surface area contributed by atoms with E-state index >= 15 is 0 Å². The first-order valence-corrected chi connectivity index (χ1v) is 15.5. The molecule has 0 heterocycles. The Balaban J connectivity index is 2.34. The van der Waals surface area contributed by atoms with Crippen LogP contribution in [0, 0.1) is 0 Å².